The number of hydrogen-bond donors (Lipinski definition) is 1. The van der Waals surface area contributed by atoms with Crippen molar-refractivity contribution >= 4 is 11.3 Å². The SMILES string of the molecule is CCCNC1CCCc2sc(C3CCCO3)nc21. The molecule has 3 nitrogen and oxygen atoms in total. The largest absolute Gasteiger partial charge is 0.371 e. The summed E-state index contributed by atoms with van der Waals surface area (Å²) >= 11 is 1.89. The molecule has 0 saturated carbocycles. The van der Waals surface area contributed by atoms with Crippen molar-refractivity contribution in [3.05, 3.63) is 15.6 Å². The molecule has 1 N–H and O–H groups in total. The smallest absolute Gasteiger partial charge is 0.122 e. The monoisotopic (exact) mass is 266 g/mol. The third kappa shape index (κ3) is 2.46. The number of fused-ring (bicyclic) bond motifs is 1. The van der Waals surface area contributed by atoms with E-state index in [9.17, 15) is 0 Å². The highest BCUT2D eigenvalue weighted by Gasteiger charge is 2.28. The minimum absolute atomic E-state index is 0.285. The van der Waals surface area contributed by atoms with Gasteiger partial charge in [0, 0.05) is 11.5 Å². The number of thiazole rings is 1. The molecule has 2 atom stereocenters. The van der Waals surface area contributed by atoms with E-state index in [0.717, 1.165) is 19.6 Å². The first-order valence-corrected chi connectivity index (χ1v) is 8.04. The number of ether oxygens (including phenoxy) is 1. The number of aryl methyl sites for hydroxylation is 1. The molecule has 1 fully saturated rings. The summed E-state index contributed by atoms with van der Waals surface area (Å²) in [6.45, 7) is 4.22. The second kappa shape index (κ2) is 5.68. The molecule has 3 rings (SSSR count). The first-order chi connectivity index (χ1) is 8.88. The highest BCUT2D eigenvalue weighted by molar-refractivity contribution is 7.11. The van der Waals surface area contributed by atoms with Crippen LogP contribution in [0.15, 0.2) is 0 Å². The molecule has 0 bridgehead atoms. The van der Waals surface area contributed by atoms with Gasteiger partial charge < -0.3 is 10.1 Å². The van der Waals surface area contributed by atoms with Crippen LogP contribution < -0.4 is 5.32 Å². The van der Waals surface area contributed by atoms with Crippen molar-refractivity contribution in [2.75, 3.05) is 13.2 Å². The van der Waals surface area contributed by atoms with Gasteiger partial charge in [-0.3, -0.25) is 0 Å². The molecule has 0 spiro atoms. The van der Waals surface area contributed by atoms with Crippen LogP contribution in [0.2, 0.25) is 0 Å². The lowest BCUT2D eigenvalue weighted by Crippen LogP contribution is -2.25. The number of rotatable bonds is 4. The maximum absolute atomic E-state index is 5.76. The van der Waals surface area contributed by atoms with Crippen LogP contribution in [0.3, 0.4) is 0 Å². The maximum atomic E-state index is 5.76. The molecule has 18 heavy (non-hydrogen) atoms. The molecule has 1 aliphatic carbocycles. The van der Waals surface area contributed by atoms with E-state index in [2.05, 4.69) is 12.2 Å². The Balaban J connectivity index is 1.78. The Morgan fingerprint density at radius 3 is 3.11 bits per heavy atom. The van der Waals surface area contributed by atoms with Gasteiger partial charge in [0.2, 0.25) is 0 Å². The Morgan fingerprint density at radius 1 is 1.39 bits per heavy atom. The van der Waals surface area contributed by atoms with E-state index in [1.807, 2.05) is 11.3 Å². The maximum Gasteiger partial charge on any atom is 0.122 e. The fraction of sp³-hybridized carbons (Fsp3) is 0.786. The van der Waals surface area contributed by atoms with Gasteiger partial charge in [-0.15, -0.1) is 11.3 Å². The Labute approximate surface area is 113 Å². The summed E-state index contributed by atoms with van der Waals surface area (Å²) in [5.41, 5.74) is 1.32. The third-order valence-corrected chi connectivity index (χ3v) is 5.04. The van der Waals surface area contributed by atoms with Gasteiger partial charge in [-0.05, 0) is 45.1 Å². The molecular weight excluding hydrogens is 244 g/mol. The molecule has 0 aromatic carbocycles. The molecule has 1 aromatic rings. The molecule has 0 radical (unpaired) electrons. The predicted octanol–water partition coefficient (Wildman–Crippen LogP) is 3.37. The Hall–Kier alpha value is -0.450. The molecule has 1 saturated heterocycles. The predicted molar refractivity (Wildman–Crippen MR) is 74.0 cm³/mol. The van der Waals surface area contributed by atoms with Crippen LogP contribution in [-0.2, 0) is 11.2 Å². The third-order valence-electron chi connectivity index (χ3n) is 3.82. The van der Waals surface area contributed by atoms with Gasteiger partial charge >= 0.3 is 0 Å². The molecular formula is C14H22N2OS. The van der Waals surface area contributed by atoms with Crippen molar-refractivity contribution in [2.45, 2.75) is 57.6 Å². The zero-order valence-electron chi connectivity index (χ0n) is 11.1. The summed E-state index contributed by atoms with van der Waals surface area (Å²) in [5.74, 6) is 0. The van der Waals surface area contributed by atoms with Gasteiger partial charge in [-0.25, -0.2) is 4.98 Å². The quantitative estimate of drug-likeness (QED) is 0.907. The van der Waals surface area contributed by atoms with Crippen molar-refractivity contribution < 1.29 is 4.74 Å². The van der Waals surface area contributed by atoms with Crippen molar-refractivity contribution in [3.8, 4) is 0 Å². The van der Waals surface area contributed by atoms with Gasteiger partial charge in [0.05, 0.1) is 11.7 Å². The Kier molecular flexibility index (Phi) is 3.97. The lowest BCUT2D eigenvalue weighted by molar-refractivity contribution is 0.111. The van der Waals surface area contributed by atoms with Crippen LogP contribution in [0.25, 0.3) is 0 Å². The van der Waals surface area contributed by atoms with E-state index in [-0.39, 0.29) is 6.10 Å². The minimum Gasteiger partial charge on any atom is -0.371 e. The van der Waals surface area contributed by atoms with Gasteiger partial charge in [-0.1, -0.05) is 6.92 Å². The number of aromatic nitrogens is 1. The number of nitrogens with one attached hydrogen (secondary N) is 1. The van der Waals surface area contributed by atoms with E-state index in [0.29, 0.717) is 6.04 Å². The van der Waals surface area contributed by atoms with Crippen LogP contribution in [-0.4, -0.2) is 18.1 Å². The fourth-order valence-electron chi connectivity index (χ4n) is 2.86. The van der Waals surface area contributed by atoms with Crippen LogP contribution in [0, 0.1) is 0 Å². The van der Waals surface area contributed by atoms with E-state index in [1.54, 1.807) is 0 Å². The minimum atomic E-state index is 0.285. The summed E-state index contributed by atoms with van der Waals surface area (Å²) in [7, 11) is 0. The lowest BCUT2D eigenvalue weighted by Gasteiger charge is -2.22. The van der Waals surface area contributed by atoms with Gasteiger partial charge in [-0.2, -0.15) is 0 Å². The van der Waals surface area contributed by atoms with Crippen molar-refractivity contribution in [3.63, 3.8) is 0 Å². The lowest BCUT2D eigenvalue weighted by atomic mass is 9.97. The number of hydrogen-bond acceptors (Lipinski definition) is 4. The summed E-state index contributed by atoms with van der Waals surface area (Å²) in [6.07, 6.45) is 7.56. The van der Waals surface area contributed by atoms with Gasteiger partial charge in [0.15, 0.2) is 0 Å². The topological polar surface area (TPSA) is 34.1 Å². The second-order valence-electron chi connectivity index (χ2n) is 5.26. The zero-order valence-corrected chi connectivity index (χ0v) is 11.9. The average Bonchev–Trinajstić information content (AvgIpc) is 3.03. The van der Waals surface area contributed by atoms with Crippen LogP contribution in [0.5, 0.6) is 0 Å². The molecule has 1 aromatic heterocycles. The summed E-state index contributed by atoms with van der Waals surface area (Å²) in [6, 6.07) is 0.486. The molecule has 4 heteroatoms. The van der Waals surface area contributed by atoms with E-state index in [1.165, 1.54) is 47.7 Å². The van der Waals surface area contributed by atoms with Crippen molar-refractivity contribution in [1.82, 2.24) is 10.3 Å². The van der Waals surface area contributed by atoms with E-state index < -0.39 is 0 Å². The molecule has 0 amide bonds. The molecule has 100 valence electrons. The summed E-state index contributed by atoms with van der Waals surface area (Å²) < 4.78 is 5.76. The first-order valence-electron chi connectivity index (χ1n) is 7.23. The zero-order chi connectivity index (χ0) is 12.4. The summed E-state index contributed by atoms with van der Waals surface area (Å²) in [4.78, 5) is 6.40. The molecule has 2 aliphatic rings. The standard InChI is InChI=1S/C14H22N2OS/c1-2-8-15-10-5-3-7-12-13(10)16-14(18-12)11-6-4-9-17-11/h10-11,15H,2-9H2,1H3. The highest BCUT2D eigenvalue weighted by atomic mass is 32.1. The van der Waals surface area contributed by atoms with Crippen molar-refractivity contribution in [2.24, 2.45) is 0 Å². The Bertz CT molecular complexity index is 398. The fourth-order valence-corrected chi connectivity index (χ4v) is 4.12. The van der Waals surface area contributed by atoms with E-state index >= 15 is 0 Å². The highest BCUT2D eigenvalue weighted by Crippen LogP contribution is 2.38. The van der Waals surface area contributed by atoms with E-state index in [4.69, 9.17) is 9.72 Å². The second-order valence-corrected chi connectivity index (χ2v) is 6.38. The normalized spacial score (nSPS) is 27.4. The van der Waals surface area contributed by atoms with Crippen LogP contribution in [0.4, 0.5) is 0 Å². The van der Waals surface area contributed by atoms with Gasteiger partial charge in [0.25, 0.3) is 0 Å². The molecule has 2 heterocycles. The van der Waals surface area contributed by atoms with Crippen LogP contribution >= 0.6 is 11.3 Å². The molecule has 2 unspecified atom stereocenters. The molecule has 1 aliphatic heterocycles. The average molecular weight is 266 g/mol. The first kappa shape index (κ1) is 12.6. The van der Waals surface area contributed by atoms with Crippen LogP contribution in [0.1, 0.15) is 66.8 Å². The summed E-state index contributed by atoms with van der Waals surface area (Å²) in [5, 5.41) is 4.86. The van der Waals surface area contributed by atoms with Gasteiger partial charge in [0.1, 0.15) is 11.1 Å². The Morgan fingerprint density at radius 2 is 2.33 bits per heavy atom. The van der Waals surface area contributed by atoms with Crippen molar-refractivity contribution in [1.29, 1.82) is 0 Å². The number of nitrogens with zero attached hydrogens (tertiary/aromatic N) is 1.